The molecule has 0 saturated carbocycles. The lowest BCUT2D eigenvalue weighted by atomic mass is 10.1. The number of carbonyl (C=O) groups is 2. The molecule has 0 radical (unpaired) electrons. The molecule has 0 aliphatic carbocycles. The molecule has 0 aromatic heterocycles. The van der Waals surface area contributed by atoms with Crippen LogP contribution in [0.3, 0.4) is 0 Å². The molecule has 2 amide bonds. The third-order valence-electron chi connectivity index (χ3n) is 2.97. The number of rotatable bonds is 3. The Bertz CT molecular complexity index is 623. The van der Waals surface area contributed by atoms with Crippen LogP contribution in [0.2, 0.25) is 0 Å². The molecule has 2 aromatic rings. The van der Waals surface area contributed by atoms with Gasteiger partial charge in [0.05, 0.1) is 0 Å². The fraction of sp³-hybridized carbons (Fsp3) is 0.125. The molecule has 4 nitrogen and oxygen atoms in total. The average molecular weight is 268 g/mol. The fourth-order valence-corrected chi connectivity index (χ4v) is 1.79. The van der Waals surface area contributed by atoms with Gasteiger partial charge in [-0.15, -0.1) is 0 Å². The van der Waals surface area contributed by atoms with Crippen LogP contribution >= 0.6 is 0 Å². The van der Waals surface area contributed by atoms with Gasteiger partial charge in [-0.2, -0.15) is 0 Å². The Morgan fingerprint density at radius 2 is 1.70 bits per heavy atom. The number of anilines is 2. The topological polar surface area (TPSA) is 49.4 Å². The summed E-state index contributed by atoms with van der Waals surface area (Å²) >= 11 is 0. The zero-order chi connectivity index (χ0) is 14.5. The Kier molecular flexibility index (Phi) is 4.15. The highest BCUT2D eigenvalue weighted by Crippen LogP contribution is 2.15. The molecule has 2 rings (SSSR count). The molecular weight excluding hydrogens is 252 g/mol. The van der Waals surface area contributed by atoms with E-state index >= 15 is 0 Å². The molecule has 102 valence electrons. The molecule has 0 fully saturated rings. The quantitative estimate of drug-likeness (QED) is 0.865. The van der Waals surface area contributed by atoms with Gasteiger partial charge in [0.1, 0.15) is 0 Å². The number of amides is 2. The normalized spacial score (nSPS) is 9.90. The van der Waals surface area contributed by atoms with Crippen LogP contribution in [-0.2, 0) is 0 Å². The Labute approximate surface area is 118 Å². The fourth-order valence-electron chi connectivity index (χ4n) is 1.79. The first-order chi connectivity index (χ1) is 9.58. The Morgan fingerprint density at radius 3 is 2.35 bits per heavy atom. The van der Waals surface area contributed by atoms with Crippen molar-refractivity contribution in [1.29, 1.82) is 0 Å². The van der Waals surface area contributed by atoms with Crippen LogP contribution in [0.1, 0.15) is 17.3 Å². The van der Waals surface area contributed by atoms with E-state index in [2.05, 4.69) is 5.32 Å². The number of ketones is 1. The number of benzene rings is 2. The van der Waals surface area contributed by atoms with Gasteiger partial charge in [-0.1, -0.05) is 30.3 Å². The van der Waals surface area contributed by atoms with Crippen LogP contribution < -0.4 is 10.2 Å². The van der Waals surface area contributed by atoms with Gasteiger partial charge in [-0.3, -0.25) is 9.69 Å². The molecule has 20 heavy (non-hydrogen) atoms. The van der Waals surface area contributed by atoms with Crippen molar-refractivity contribution in [3.63, 3.8) is 0 Å². The van der Waals surface area contributed by atoms with Gasteiger partial charge in [-0.05, 0) is 31.2 Å². The van der Waals surface area contributed by atoms with E-state index in [1.165, 1.54) is 11.8 Å². The summed E-state index contributed by atoms with van der Waals surface area (Å²) < 4.78 is 0. The molecule has 0 heterocycles. The van der Waals surface area contributed by atoms with Crippen molar-refractivity contribution < 1.29 is 9.59 Å². The third-order valence-corrected chi connectivity index (χ3v) is 2.97. The van der Waals surface area contributed by atoms with Gasteiger partial charge in [0.15, 0.2) is 5.78 Å². The standard InChI is InChI=1S/C16H16N2O2/c1-12(19)13-7-6-8-14(11-13)17-16(20)18(2)15-9-4-3-5-10-15/h3-11H,1-2H3,(H,17,20). The second-order valence-electron chi connectivity index (χ2n) is 4.46. The Hall–Kier alpha value is -2.62. The van der Waals surface area contributed by atoms with Crippen molar-refractivity contribution in [1.82, 2.24) is 0 Å². The lowest BCUT2D eigenvalue weighted by Gasteiger charge is -2.18. The van der Waals surface area contributed by atoms with Crippen molar-refractivity contribution in [2.45, 2.75) is 6.92 Å². The highest BCUT2D eigenvalue weighted by molar-refractivity contribution is 6.02. The lowest BCUT2D eigenvalue weighted by Crippen LogP contribution is -2.31. The maximum atomic E-state index is 12.1. The zero-order valence-electron chi connectivity index (χ0n) is 11.5. The smallest absolute Gasteiger partial charge is 0.308 e. The second kappa shape index (κ2) is 6.02. The number of hydrogen-bond donors (Lipinski definition) is 1. The van der Waals surface area contributed by atoms with Crippen LogP contribution in [0.25, 0.3) is 0 Å². The summed E-state index contributed by atoms with van der Waals surface area (Å²) in [5.41, 5.74) is 1.98. The van der Waals surface area contributed by atoms with E-state index in [1.54, 1.807) is 31.3 Å². The van der Waals surface area contributed by atoms with Gasteiger partial charge < -0.3 is 5.32 Å². The van der Waals surface area contributed by atoms with Gasteiger partial charge >= 0.3 is 6.03 Å². The minimum Gasteiger partial charge on any atom is -0.308 e. The van der Waals surface area contributed by atoms with Gasteiger partial charge in [0, 0.05) is 24.0 Å². The first-order valence-electron chi connectivity index (χ1n) is 6.28. The minimum atomic E-state index is -0.253. The largest absolute Gasteiger partial charge is 0.326 e. The highest BCUT2D eigenvalue weighted by Gasteiger charge is 2.11. The minimum absolute atomic E-state index is 0.0301. The van der Waals surface area contributed by atoms with Crippen molar-refractivity contribution in [2.75, 3.05) is 17.3 Å². The summed E-state index contributed by atoms with van der Waals surface area (Å²) in [7, 11) is 1.69. The summed E-state index contributed by atoms with van der Waals surface area (Å²) in [4.78, 5) is 25.0. The first kappa shape index (κ1) is 13.8. The molecule has 0 spiro atoms. The molecule has 0 bridgehead atoms. The van der Waals surface area contributed by atoms with Crippen LogP contribution in [0, 0.1) is 0 Å². The highest BCUT2D eigenvalue weighted by atomic mass is 16.2. The predicted molar refractivity (Wildman–Crippen MR) is 80.3 cm³/mol. The van der Waals surface area contributed by atoms with Crippen molar-refractivity contribution in [2.24, 2.45) is 0 Å². The summed E-state index contributed by atoms with van der Waals surface area (Å²) in [5, 5.41) is 2.77. The lowest BCUT2D eigenvalue weighted by molar-refractivity contribution is 0.101. The molecule has 0 atom stereocenters. The van der Waals surface area contributed by atoms with E-state index in [0.29, 0.717) is 11.3 Å². The van der Waals surface area contributed by atoms with Crippen LogP contribution in [0.4, 0.5) is 16.2 Å². The van der Waals surface area contributed by atoms with Crippen LogP contribution in [0.15, 0.2) is 54.6 Å². The van der Waals surface area contributed by atoms with Crippen molar-refractivity contribution >= 4 is 23.2 Å². The van der Waals surface area contributed by atoms with Gasteiger partial charge in [-0.25, -0.2) is 4.79 Å². The Morgan fingerprint density at radius 1 is 1.00 bits per heavy atom. The second-order valence-corrected chi connectivity index (χ2v) is 4.46. The van der Waals surface area contributed by atoms with Crippen LogP contribution in [0.5, 0.6) is 0 Å². The molecular formula is C16H16N2O2. The number of urea groups is 1. The predicted octanol–water partition coefficient (Wildman–Crippen LogP) is 3.56. The molecule has 2 aromatic carbocycles. The molecule has 0 saturated heterocycles. The summed E-state index contributed by atoms with van der Waals surface area (Å²) in [6.45, 7) is 1.50. The number of carbonyl (C=O) groups excluding carboxylic acids is 2. The monoisotopic (exact) mass is 268 g/mol. The Balaban J connectivity index is 2.12. The van der Waals surface area contributed by atoms with E-state index in [0.717, 1.165) is 5.69 Å². The van der Waals surface area contributed by atoms with E-state index in [1.807, 2.05) is 30.3 Å². The molecule has 0 unspecified atom stereocenters. The van der Waals surface area contributed by atoms with E-state index in [4.69, 9.17) is 0 Å². The molecule has 1 N–H and O–H groups in total. The number of hydrogen-bond acceptors (Lipinski definition) is 2. The van der Waals surface area contributed by atoms with E-state index in [9.17, 15) is 9.59 Å². The number of para-hydroxylation sites is 1. The third kappa shape index (κ3) is 3.23. The molecule has 0 aliphatic heterocycles. The van der Waals surface area contributed by atoms with Crippen molar-refractivity contribution in [3.05, 3.63) is 60.2 Å². The van der Waals surface area contributed by atoms with Gasteiger partial charge in [0.2, 0.25) is 0 Å². The van der Waals surface area contributed by atoms with Crippen molar-refractivity contribution in [3.8, 4) is 0 Å². The molecule has 0 aliphatic rings. The zero-order valence-corrected chi connectivity index (χ0v) is 11.5. The first-order valence-corrected chi connectivity index (χ1v) is 6.28. The van der Waals surface area contributed by atoms with E-state index in [-0.39, 0.29) is 11.8 Å². The number of nitrogens with one attached hydrogen (secondary N) is 1. The number of Topliss-reactive ketones (excluding diaryl/α,β-unsaturated/α-hetero) is 1. The number of nitrogens with zero attached hydrogens (tertiary/aromatic N) is 1. The van der Waals surface area contributed by atoms with Gasteiger partial charge in [0.25, 0.3) is 0 Å². The average Bonchev–Trinajstić information content (AvgIpc) is 2.47. The summed E-state index contributed by atoms with van der Waals surface area (Å²) in [6.07, 6.45) is 0. The molecule has 4 heteroatoms. The maximum absolute atomic E-state index is 12.1. The summed E-state index contributed by atoms with van der Waals surface area (Å²) in [6, 6.07) is 16.0. The maximum Gasteiger partial charge on any atom is 0.326 e. The summed E-state index contributed by atoms with van der Waals surface area (Å²) in [5.74, 6) is -0.0301. The van der Waals surface area contributed by atoms with Crippen LogP contribution in [-0.4, -0.2) is 18.9 Å². The SMILES string of the molecule is CC(=O)c1cccc(NC(=O)N(C)c2ccccc2)c1. The van der Waals surface area contributed by atoms with E-state index < -0.39 is 0 Å².